The van der Waals surface area contributed by atoms with Crippen LogP contribution in [0.1, 0.15) is 39.9 Å². The fraction of sp³-hybridized carbons (Fsp3) is 0.0741. The molecule has 12 rings (SSSR count). The van der Waals surface area contributed by atoms with Crippen molar-refractivity contribution in [2.24, 2.45) is 16.8 Å². The van der Waals surface area contributed by atoms with Crippen molar-refractivity contribution in [3.05, 3.63) is 210 Å². The Bertz CT molecular complexity index is 3160. The molecule has 4 atom stereocenters. The topological polar surface area (TPSA) is 30.2 Å². The van der Waals surface area contributed by atoms with Crippen LogP contribution in [0.25, 0.3) is 78.4 Å². The summed E-state index contributed by atoms with van der Waals surface area (Å²) in [5, 5.41) is 6.25. The second-order valence-corrected chi connectivity index (χ2v) is 15.6. The van der Waals surface area contributed by atoms with Gasteiger partial charge in [-0.3, -0.25) is 9.56 Å². The molecule has 3 heterocycles. The number of aliphatic imine (C=N–C) groups is 1. The first kappa shape index (κ1) is 32.2. The predicted molar refractivity (Wildman–Crippen MR) is 239 cm³/mol. The van der Waals surface area contributed by atoms with Crippen molar-refractivity contribution in [2.75, 3.05) is 0 Å². The summed E-state index contributed by atoms with van der Waals surface area (Å²) in [7, 11) is 0. The summed E-state index contributed by atoms with van der Waals surface area (Å²) in [6.45, 7) is 0. The van der Waals surface area contributed by atoms with Crippen LogP contribution in [-0.4, -0.2) is 15.8 Å². The zero-order chi connectivity index (χ0) is 37.5. The Morgan fingerprint density at radius 3 is 2.23 bits per heavy atom. The Morgan fingerprint density at radius 1 is 0.544 bits per heavy atom. The zero-order valence-corrected chi connectivity index (χ0v) is 31.2. The summed E-state index contributed by atoms with van der Waals surface area (Å²) >= 11 is 0. The first-order chi connectivity index (χ1) is 28.3. The molecular formula is C54H37N3. The van der Waals surface area contributed by atoms with E-state index in [1.807, 2.05) is 6.21 Å². The van der Waals surface area contributed by atoms with Gasteiger partial charge in [0.25, 0.3) is 0 Å². The molecule has 268 valence electrons. The average Bonchev–Trinajstić information content (AvgIpc) is 3.63. The van der Waals surface area contributed by atoms with Gasteiger partial charge < -0.3 is 0 Å². The largest absolute Gasteiger partial charge is 0.294 e. The van der Waals surface area contributed by atoms with Crippen LogP contribution in [0.15, 0.2) is 187 Å². The van der Waals surface area contributed by atoms with E-state index in [4.69, 9.17) is 9.98 Å². The summed E-state index contributed by atoms with van der Waals surface area (Å²) in [6.07, 6.45) is 22.4. The Morgan fingerprint density at radius 2 is 1.30 bits per heavy atom. The zero-order valence-electron chi connectivity index (χ0n) is 31.2. The molecule has 0 amide bonds. The number of hydrogen-bond donors (Lipinski definition) is 0. The van der Waals surface area contributed by atoms with Gasteiger partial charge in [-0.1, -0.05) is 140 Å². The van der Waals surface area contributed by atoms with E-state index in [1.54, 1.807) is 0 Å². The third-order valence-electron chi connectivity index (χ3n) is 12.5. The molecule has 3 heteroatoms. The van der Waals surface area contributed by atoms with Gasteiger partial charge in [-0.05, 0) is 110 Å². The third-order valence-corrected chi connectivity index (χ3v) is 12.5. The number of fused-ring (bicyclic) bond motifs is 11. The maximum Gasteiger partial charge on any atom is 0.138 e. The Labute approximate surface area is 331 Å². The number of nitrogens with zero attached hydrogens (tertiary/aromatic N) is 3. The van der Waals surface area contributed by atoms with Crippen molar-refractivity contribution in [3.8, 4) is 28.2 Å². The third kappa shape index (κ3) is 5.05. The van der Waals surface area contributed by atoms with E-state index < -0.39 is 0 Å². The molecule has 6 aromatic carbocycles. The SMILES string of the molecule is C1=CC2C=Cc3c(c4ccccc4n3-c3cccc(-c4cc(C5=Cc6ccccc6C6C=CC=CC56)cc(-c5cc6ccccc6c6ccccc56)c4)n3)C2N=C1. The molecule has 57 heavy (non-hydrogen) atoms. The molecule has 0 radical (unpaired) electrons. The monoisotopic (exact) mass is 727 g/mol. The highest BCUT2D eigenvalue weighted by molar-refractivity contribution is 6.14. The highest BCUT2D eigenvalue weighted by atomic mass is 15.1. The molecular weight excluding hydrogens is 691 g/mol. The first-order valence-electron chi connectivity index (χ1n) is 20.0. The maximum absolute atomic E-state index is 5.53. The molecule has 0 spiro atoms. The van der Waals surface area contributed by atoms with Gasteiger partial charge >= 0.3 is 0 Å². The van der Waals surface area contributed by atoms with E-state index in [0.717, 1.165) is 28.3 Å². The number of benzene rings is 6. The molecule has 2 aromatic heterocycles. The second kappa shape index (κ2) is 12.7. The average molecular weight is 728 g/mol. The molecule has 0 N–H and O–H groups in total. The minimum Gasteiger partial charge on any atom is -0.294 e. The van der Waals surface area contributed by atoms with Gasteiger partial charge in [-0.15, -0.1) is 0 Å². The Balaban J connectivity index is 1.09. The van der Waals surface area contributed by atoms with E-state index >= 15 is 0 Å². The normalized spacial score (nSPS) is 20.0. The van der Waals surface area contributed by atoms with Crippen molar-refractivity contribution in [3.63, 3.8) is 0 Å². The standard InChI is InChI=1S/C54H37N3/c1-3-16-40-35(13-1)32-47(44-20-7-5-18-42(40)44)37-29-38(48-33-36-14-2-4-17-41(36)43-19-6-8-21-45(43)48)31-39(30-37)49-23-11-25-52(56-49)57-50-24-10-9-22-46(50)53-51(57)27-26-34-15-12-28-55-54(34)53/h1-34,42,44,54H. The quantitative estimate of drug-likeness (QED) is 0.166. The number of allylic oxidation sites excluding steroid dienone is 6. The lowest BCUT2D eigenvalue weighted by atomic mass is 9.71. The van der Waals surface area contributed by atoms with Crippen molar-refractivity contribution in [1.82, 2.24) is 9.55 Å². The number of aromatic nitrogens is 2. The van der Waals surface area contributed by atoms with Crippen LogP contribution >= 0.6 is 0 Å². The van der Waals surface area contributed by atoms with Crippen molar-refractivity contribution in [1.29, 1.82) is 0 Å². The van der Waals surface area contributed by atoms with Gasteiger partial charge in [0.05, 0.1) is 22.9 Å². The van der Waals surface area contributed by atoms with Gasteiger partial charge in [0.15, 0.2) is 0 Å². The van der Waals surface area contributed by atoms with E-state index in [2.05, 4.69) is 199 Å². The number of dihydropyridines is 1. The van der Waals surface area contributed by atoms with Gasteiger partial charge in [-0.2, -0.15) is 0 Å². The summed E-state index contributed by atoms with van der Waals surface area (Å²) < 4.78 is 2.33. The van der Waals surface area contributed by atoms with Crippen molar-refractivity contribution in [2.45, 2.75) is 12.0 Å². The molecule has 0 saturated carbocycles. The van der Waals surface area contributed by atoms with E-state index in [1.165, 1.54) is 65.9 Å². The van der Waals surface area contributed by atoms with E-state index in [-0.39, 0.29) is 23.8 Å². The fourth-order valence-corrected chi connectivity index (χ4v) is 9.96. The van der Waals surface area contributed by atoms with Crippen LogP contribution in [-0.2, 0) is 0 Å². The second-order valence-electron chi connectivity index (χ2n) is 15.6. The summed E-state index contributed by atoms with van der Waals surface area (Å²) in [4.78, 5) is 10.5. The van der Waals surface area contributed by atoms with Crippen LogP contribution in [0.4, 0.5) is 0 Å². The molecule has 0 saturated heterocycles. The van der Waals surface area contributed by atoms with E-state index in [0.29, 0.717) is 0 Å². The molecule has 3 nitrogen and oxygen atoms in total. The van der Waals surface area contributed by atoms with Crippen LogP contribution in [0.2, 0.25) is 0 Å². The fourth-order valence-electron chi connectivity index (χ4n) is 9.96. The van der Waals surface area contributed by atoms with Gasteiger partial charge in [-0.25, -0.2) is 4.98 Å². The van der Waals surface area contributed by atoms with Crippen molar-refractivity contribution >= 4 is 56.4 Å². The Hall–Kier alpha value is -7.10. The molecule has 8 aromatic rings. The molecule has 1 aliphatic heterocycles. The Kier molecular flexibility index (Phi) is 7.18. The first-order valence-corrected chi connectivity index (χ1v) is 20.0. The minimum absolute atomic E-state index is 0.0572. The van der Waals surface area contributed by atoms with Crippen molar-refractivity contribution < 1.29 is 0 Å². The number of para-hydroxylation sites is 1. The highest BCUT2D eigenvalue weighted by Gasteiger charge is 2.32. The van der Waals surface area contributed by atoms with Crippen LogP contribution < -0.4 is 0 Å². The smallest absolute Gasteiger partial charge is 0.138 e. The van der Waals surface area contributed by atoms with Gasteiger partial charge in [0, 0.05) is 40.5 Å². The summed E-state index contributed by atoms with van der Waals surface area (Å²) in [6, 6.07) is 51.2. The number of rotatable bonds is 4. The number of pyridine rings is 1. The lowest BCUT2D eigenvalue weighted by molar-refractivity contribution is 0.613. The van der Waals surface area contributed by atoms with Gasteiger partial charge in [0.2, 0.25) is 0 Å². The van der Waals surface area contributed by atoms with Crippen LogP contribution in [0, 0.1) is 11.8 Å². The maximum atomic E-state index is 5.53. The van der Waals surface area contributed by atoms with Gasteiger partial charge in [0.1, 0.15) is 5.82 Å². The molecule has 3 aliphatic carbocycles. The van der Waals surface area contributed by atoms with Crippen LogP contribution in [0.5, 0.6) is 0 Å². The molecule has 4 aliphatic rings. The minimum atomic E-state index is 0.0572. The lowest BCUT2D eigenvalue weighted by Crippen LogP contribution is -2.17. The predicted octanol–water partition coefficient (Wildman–Crippen LogP) is 13.4. The molecule has 4 unspecified atom stereocenters. The molecule has 0 fully saturated rings. The number of hydrogen-bond acceptors (Lipinski definition) is 2. The summed E-state index contributed by atoms with van der Waals surface area (Å²) in [5.41, 5.74) is 13.2. The highest BCUT2D eigenvalue weighted by Crippen LogP contribution is 2.48. The molecule has 0 bridgehead atoms. The van der Waals surface area contributed by atoms with Crippen LogP contribution in [0.3, 0.4) is 0 Å². The summed E-state index contributed by atoms with van der Waals surface area (Å²) in [5.74, 6) is 1.67. The van der Waals surface area contributed by atoms with E-state index in [9.17, 15) is 0 Å². The lowest BCUT2D eigenvalue weighted by Gasteiger charge is -2.33.